The van der Waals surface area contributed by atoms with Gasteiger partial charge >= 0.3 is 0 Å². The van der Waals surface area contributed by atoms with Crippen LogP contribution in [0.2, 0.25) is 0 Å². The molecule has 20 heavy (non-hydrogen) atoms. The Morgan fingerprint density at radius 2 is 1.85 bits per heavy atom. The first-order valence-corrected chi connectivity index (χ1v) is 6.97. The summed E-state index contributed by atoms with van der Waals surface area (Å²) in [6, 6.07) is 8.56. The molecule has 0 radical (unpaired) electrons. The van der Waals surface area contributed by atoms with Crippen molar-refractivity contribution in [3.8, 4) is 0 Å². The summed E-state index contributed by atoms with van der Waals surface area (Å²) < 4.78 is 0. The standard InChI is InChI=1S/C16H22N4/c1-4-5-14-15(17)18-11-19-16(14)20(3)10-13-8-6-12(2)7-9-13/h6-9,11H,4-5,10H2,1-3H3,(H2,17,18,19). The van der Waals surface area contributed by atoms with Crippen molar-refractivity contribution < 1.29 is 0 Å². The Morgan fingerprint density at radius 1 is 1.15 bits per heavy atom. The Labute approximate surface area is 120 Å². The van der Waals surface area contributed by atoms with Crippen LogP contribution in [0.25, 0.3) is 0 Å². The molecule has 0 spiro atoms. The van der Waals surface area contributed by atoms with Gasteiger partial charge in [0.05, 0.1) is 0 Å². The highest BCUT2D eigenvalue weighted by atomic mass is 15.2. The van der Waals surface area contributed by atoms with Gasteiger partial charge < -0.3 is 10.6 Å². The van der Waals surface area contributed by atoms with Gasteiger partial charge in [0, 0.05) is 19.2 Å². The van der Waals surface area contributed by atoms with Crippen molar-refractivity contribution >= 4 is 11.6 Å². The first kappa shape index (κ1) is 14.3. The number of aromatic nitrogens is 2. The predicted molar refractivity (Wildman–Crippen MR) is 83.7 cm³/mol. The molecule has 0 atom stereocenters. The number of anilines is 2. The Hall–Kier alpha value is -2.10. The van der Waals surface area contributed by atoms with Crippen molar-refractivity contribution in [2.45, 2.75) is 33.2 Å². The molecule has 1 aromatic heterocycles. The Balaban J connectivity index is 2.22. The van der Waals surface area contributed by atoms with E-state index >= 15 is 0 Å². The summed E-state index contributed by atoms with van der Waals surface area (Å²) in [6.07, 6.45) is 3.47. The van der Waals surface area contributed by atoms with E-state index < -0.39 is 0 Å². The van der Waals surface area contributed by atoms with Crippen molar-refractivity contribution in [1.82, 2.24) is 9.97 Å². The van der Waals surface area contributed by atoms with Crippen molar-refractivity contribution in [2.75, 3.05) is 17.7 Å². The zero-order chi connectivity index (χ0) is 14.5. The van der Waals surface area contributed by atoms with Gasteiger partial charge in [-0.05, 0) is 18.9 Å². The summed E-state index contributed by atoms with van der Waals surface area (Å²) in [5.41, 5.74) is 9.56. The lowest BCUT2D eigenvalue weighted by Gasteiger charge is -2.21. The van der Waals surface area contributed by atoms with Gasteiger partial charge in [-0.2, -0.15) is 0 Å². The lowest BCUT2D eigenvalue weighted by atomic mass is 10.1. The Kier molecular flexibility index (Phi) is 4.56. The average Bonchev–Trinajstić information content (AvgIpc) is 2.43. The number of hydrogen-bond acceptors (Lipinski definition) is 4. The maximum Gasteiger partial charge on any atom is 0.137 e. The Bertz CT molecular complexity index is 563. The van der Waals surface area contributed by atoms with Crippen molar-refractivity contribution in [3.63, 3.8) is 0 Å². The largest absolute Gasteiger partial charge is 0.383 e. The van der Waals surface area contributed by atoms with Gasteiger partial charge in [0.1, 0.15) is 18.0 Å². The molecule has 0 aliphatic carbocycles. The van der Waals surface area contributed by atoms with Crippen LogP contribution in [0.4, 0.5) is 11.6 Å². The summed E-state index contributed by atoms with van der Waals surface area (Å²) in [4.78, 5) is 10.6. The predicted octanol–water partition coefficient (Wildman–Crippen LogP) is 2.96. The minimum atomic E-state index is 0.590. The van der Waals surface area contributed by atoms with Gasteiger partial charge in [-0.3, -0.25) is 0 Å². The van der Waals surface area contributed by atoms with Gasteiger partial charge in [0.15, 0.2) is 0 Å². The SMILES string of the molecule is CCCc1c(N)ncnc1N(C)Cc1ccc(C)cc1. The van der Waals surface area contributed by atoms with E-state index in [1.54, 1.807) is 0 Å². The first-order chi connectivity index (χ1) is 9.61. The highest BCUT2D eigenvalue weighted by molar-refractivity contribution is 5.56. The van der Waals surface area contributed by atoms with E-state index in [2.05, 4.69) is 53.0 Å². The van der Waals surface area contributed by atoms with Crippen LogP contribution in [0.1, 0.15) is 30.0 Å². The van der Waals surface area contributed by atoms with Gasteiger partial charge in [-0.1, -0.05) is 43.2 Å². The molecular formula is C16H22N4. The third-order valence-corrected chi connectivity index (χ3v) is 3.36. The molecule has 0 fully saturated rings. The fourth-order valence-electron chi connectivity index (χ4n) is 2.28. The van der Waals surface area contributed by atoms with Crippen LogP contribution in [-0.4, -0.2) is 17.0 Å². The fraction of sp³-hybridized carbons (Fsp3) is 0.375. The topological polar surface area (TPSA) is 55.0 Å². The van der Waals surface area contributed by atoms with Crippen molar-refractivity contribution in [2.24, 2.45) is 0 Å². The lowest BCUT2D eigenvalue weighted by molar-refractivity contribution is 0.845. The number of nitrogens with two attached hydrogens (primary N) is 1. The second-order valence-corrected chi connectivity index (χ2v) is 5.15. The van der Waals surface area contributed by atoms with Crippen LogP contribution in [0.15, 0.2) is 30.6 Å². The van der Waals surface area contributed by atoms with Crippen LogP contribution in [0.5, 0.6) is 0 Å². The zero-order valence-electron chi connectivity index (χ0n) is 12.4. The number of aryl methyl sites for hydroxylation is 1. The lowest BCUT2D eigenvalue weighted by Crippen LogP contribution is -2.20. The van der Waals surface area contributed by atoms with Crippen molar-refractivity contribution in [3.05, 3.63) is 47.3 Å². The molecule has 0 amide bonds. The maximum absolute atomic E-state index is 5.98. The van der Waals surface area contributed by atoms with Gasteiger partial charge in [-0.15, -0.1) is 0 Å². The molecule has 2 N–H and O–H groups in total. The molecule has 0 aliphatic heterocycles. The van der Waals surface area contributed by atoms with E-state index in [4.69, 9.17) is 5.73 Å². The summed E-state index contributed by atoms with van der Waals surface area (Å²) >= 11 is 0. The third kappa shape index (κ3) is 3.26. The van der Waals surface area contributed by atoms with E-state index in [1.165, 1.54) is 17.5 Å². The molecule has 106 valence electrons. The second-order valence-electron chi connectivity index (χ2n) is 5.15. The van der Waals surface area contributed by atoms with Crippen molar-refractivity contribution in [1.29, 1.82) is 0 Å². The van der Waals surface area contributed by atoms with Crippen LogP contribution in [0, 0.1) is 6.92 Å². The van der Waals surface area contributed by atoms with E-state index in [-0.39, 0.29) is 0 Å². The van der Waals surface area contributed by atoms with E-state index in [9.17, 15) is 0 Å². The number of nitrogen functional groups attached to an aromatic ring is 1. The van der Waals surface area contributed by atoms with Crippen LogP contribution in [0.3, 0.4) is 0 Å². The smallest absolute Gasteiger partial charge is 0.137 e. The number of rotatable bonds is 5. The van der Waals surface area contributed by atoms with E-state index in [0.717, 1.165) is 30.8 Å². The summed E-state index contributed by atoms with van der Waals surface area (Å²) in [5, 5.41) is 0. The molecule has 2 aromatic rings. The molecular weight excluding hydrogens is 248 g/mol. The summed E-state index contributed by atoms with van der Waals surface area (Å²) in [7, 11) is 2.04. The van der Waals surface area contributed by atoms with Crippen LogP contribution in [-0.2, 0) is 13.0 Å². The summed E-state index contributed by atoms with van der Waals surface area (Å²) in [5.74, 6) is 1.52. The van der Waals surface area contributed by atoms with Gasteiger partial charge in [0.2, 0.25) is 0 Å². The normalized spacial score (nSPS) is 10.6. The fourth-order valence-corrected chi connectivity index (χ4v) is 2.28. The monoisotopic (exact) mass is 270 g/mol. The highest BCUT2D eigenvalue weighted by Crippen LogP contribution is 2.23. The molecule has 0 unspecified atom stereocenters. The number of nitrogens with zero attached hydrogens (tertiary/aromatic N) is 3. The van der Waals surface area contributed by atoms with E-state index in [0.29, 0.717) is 5.82 Å². The molecule has 0 saturated heterocycles. The van der Waals surface area contributed by atoms with Crippen LogP contribution < -0.4 is 10.6 Å². The van der Waals surface area contributed by atoms with E-state index in [1.807, 2.05) is 7.05 Å². The average molecular weight is 270 g/mol. The number of hydrogen-bond donors (Lipinski definition) is 1. The first-order valence-electron chi connectivity index (χ1n) is 6.97. The minimum absolute atomic E-state index is 0.590. The quantitative estimate of drug-likeness (QED) is 0.907. The third-order valence-electron chi connectivity index (χ3n) is 3.36. The molecule has 0 saturated carbocycles. The molecule has 1 aromatic carbocycles. The van der Waals surface area contributed by atoms with Gasteiger partial charge in [0.25, 0.3) is 0 Å². The molecule has 4 heteroatoms. The zero-order valence-corrected chi connectivity index (χ0v) is 12.4. The minimum Gasteiger partial charge on any atom is -0.383 e. The Morgan fingerprint density at radius 3 is 2.50 bits per heavy atom. The molecule has 0 bridgehead atoms. The maximum atomic E-state index is 5.98. The molecule has 4 nitrogen and oxygen atoms in total. The van der Waals surface area contributed by atoms with Crippen LogP contribution >= 0.6 is 0 Å². The second kappa shape index (κ2) is 6.37. The molecule has 1 heterocycles. The molecule has 0 aliphatic rings. The summed E-state index contributed by atoms with van der Waals surface area (Å²) in [6.45, 7) is 5.04. The number of benzene rings is 1. The van der Waals surface area contributed by atoms with Gasteiger partial charge in [-0.25, -0.2) is 9.97 Å². The highest BCUT2D eigenvalue weighted by Gasteiger charge is 2.12. The molecule has 2 rings (SSSR count).